The molecule has 90 valence electrons. The van der Waals surface area contributed by atoms with Gasteiger partial charge in [-0.15, -0.1) is 11.8 Å². The van der Waals surface area contributed by atoms with E-state index in [0.29, 0.717) is 12.4 Å². The average Bonchev–Trinajstić information content (AvgIpc) is 2.28. The van der Waals surface area contributed by atoms with Gasteiger partial charge in [-0.1, -0.05) is 23.7 Å². The summed E-state index contributed by atoms with van der Waals surface area (Å²) < 4.78 is 4.94. The molecular weight excluding hydrogens is 244 g/mol. The maximum Gasteiger partial charge on any atom is 0.0635 e. The predicted octanol–water partition coefficient (Wildman–Crippen LogP) is 3.22. The van der Waals surface area contributed by atoms with Gasteiger partial charge in [0.15, 0.2) is 0 Å². The molecular formula is C12H17ClO2S. The molecule has 0 fully saturated rings. The summed E-state index contributed by atoms with van der Waals surface area (Å²) in [5.41, 5.74) is 0. The summed E-state index contributed by atoms with van der Waals surface area (Å²) in [5, 5.41) is 10.5. The van der Waals surface area contributed by atoms with E-state index in [2.05, 4.69) is 0 Å². The van der Waals surface area contributed by atoms with E-state index in [0.717, 1.165) is 22.8 Å². The lowest BCUT2D eigenvalue weighted by molar-refractivity contribution is 0.149. The van der Waals surface area contributed by atoms with E-state index in [4.69, 9.17) is 16.3 Å². The molecule has 0 aromatic heterocycles. The molecule has 0 aliphatic carbocycles. The van der Waals surface area contributed by atoms with Gasteiger partial charge in [0.05, 0.1) is 11.1 Å². The van der Waals surface area contributed by atoms with Gasteiger partial charge in [0.1, 0.15) is 0 Å². The van der Waals surface area contributed by atoms with Gasteiger partial charge in [-0.2, -0.15) is 0 Å². The number of hydrogen-bond acceptors (Lipinski definition) is 3. The van der Waals surface area contributed by atoms with E-state index in [9.17, 15) is 5.11 Å². The van der Waals surface area contributed by atoms with Crippen molar-refractivity contribution in [1.29, 1.82) is 0 Å². The molecule has 16 heavy (non-hydrogen) atoms. The molecule has 1 aromatic rings. The van der Waals surface area contributed by atoms with Gasteiger partial charge in [-0.05, 0) is 25.0 Å². The summed E-state index contributed by atoms with van der Waals surface area (Å²) in [7, 11) is 1.67. The largest absolute Gasteiger partial charge is 0.392 e. The fourth-order valence-corrected chi connectivity index (χ4v) is 2.51. The van der Waals surface area contributed by atoms with Crippen molar-refractivity contribution in [2.75, 3.05) is 19.5 Å². The third-order valence-electron chi connectivity index (χ3n) is 2.15. The van der Waals surface area contributed by atoms with Crippen molar-refractivity contribution in [3.8, 4) is 0 Å². The Bertz CT molecular complexity index is 307. The number of methoxy groups -OCH3 is 1. The SMILES string of the molecule is COCCCC(O)CSc1ccccc1Cl. The van der Waals surface area contributed by atoms with Crippen molar-refractivity contribution >= 4 is 23.4 Å². The fraction of sp³-hybridized carbons (Fsp3) is 0.500. The average molecular weight is 261 g/mol. The second kappa shape index (κ2) is 7.96. The van der Waals surface area contributed by atoms with E-state index in [1.165, 1.54) is 0 Å². The van der Waals surface area contributed by atoms with Crippen LogP contribution in [0, 0.1) is 0 Å². The molecule has 1 atom stereocenters. The third kappa shape index (κ3) is 5.21. The van der Waals surface area contributed by atoms with Gasteiger partial charge >= 0.3 is 0 Å². The smallest absolute Gasteiger partial charge is 0.0635 e. The van der Waals surface area contributed by atoms with Crippen molar-refractivity contribution < 1.29 is 9.84 Å². The standard InChI is InChI=1S/C12H17ClO2S/c1-15-8-4-5-10(14)9-16-12-7-3-2-6-11(12)13/h2-3,6-7,10,14H,4-5,8-9H2,1H3. The highest BCUT2D eigenvalue weighted by Gasteiger charge is 2.06. The van der Waals surface area contributed by atoms with Crippen LogP contribution in [0.4, 0.5) is 0 Å². The van der Waals surface area contributed by atoms with Crippen LogP contribution in [0.1, 0.15) is 12.8 Å². The molecule has 0 aliphatic rings. The van der Waals surface area contributed by atoms with E-state index >= 15 is 0 Å². The highest BCUT2D eigenvalue weighted by Crippen LogP contribution is 2.27. The molecule has 1 unspecified atom stereocenters. The van der Waals surface area contributed by atoms with E-state index in [1.54, 1.807) is 18.9 Å². The van der Waals surface area contributed by atoms with Gasteiger partial charge in [0.2, 0.25) is 0 Å². The third-order valence-corrected chi connectivity index (χ3v) is 3.81. The summed E-state index contributed by atoms with van der Waals surface area (Å²) in [6, 6.07) is 7.68. The quantitative estimate of drug-likeness (QED) is 0.603. The van der Waals surface area contributed by atoms with Crippen LogP contribution < -0.4 is 0 Å². The minimum absolute atomic E-state index is 0.295. The summed E-state index contributed by atoms with van der Waals surface area (Å²) >= 11 is 7.60. The number of halogens is 1. The van der Waals surface area contributed by atoms with E-state index in [-0.39, 0.29) is 6.10 Å². The highest BCUT2D eigenvalue weighted by molar-refractivity contribution is 7.99. The lowest BCUT2D eigenvalue weighted by Gasteiger charge is -2.10. The number of benzene rings is 1. The predicted molar refractivity (Wildman–Crippen MR) is 69.3 cm³/mol. The molecule has 0 radical (unpaired) electrons. The van der Waals surface area contributed by atoms with Gasteiger partial charge in [-0.3, -0.25) is 0 Å². The van der Waals surface area contributed by atoms with Crippen LogP contribution in [-0.2, 0) is 4.74 Å². The first-order chi connectivity index (χ1) is 7.74. The molecule has 1 aromatic carbocycles. The Balaban J connectivity index is 2.26. The Labute approximate surface area is 106 Å². The van der Waals surface area contributed by atoms with Crippen molar-refractivity contribution in [3.63, 3.8) is 0 Å². The Morgan fingerprint density at radius 2 is 2.19 bits per heavy atom. The van der Waals surface area contributed by atoms with Gasteiger partial charge in [0.25, 0.3) is 0 Å². The molecule has 1 N–H and O–H groups in total. The Hall–Kier alpha value is -0.220. The van der Waals surface area contributed by atoms with Crippen LogP contribution >= 0.6 is 23.4 Å². The summed E-state index contributed by atoms with van der Waals surface area (Å²) in [5.74, 6) is 0.674. The summed E-state index contributed by atoms with van der Waals surface area (Å²) in [4.78, 5) is 1.02. The Morgan fingerprint density at radius 3 is 2.88 bits per heavy atom. The normalized spacial score (nSPS) is 12.7. The molecule has 1 rings (SSSR count). The van der Waals surface area contributed by atoms with Gasteiger partial charge in [-0.25, -0.2) is 0 Å². The Kier molecular flexibility index (Phi) is 6.88. The van der Waals surface area contributed by atoms with Crippen LogP contribution in [0.5, 0.6) is 0 Å². The molecule has 2 nitrogen and oxygen atoms in total. The van der Waals surface area contributed by atoms with Crippen molar-refractivity contribution in [2.45, 2.75) is 23.8 Å². The second-order valence-electron chi connectivity index (χ2n) is 3.53. The minimum atomic E-state index is -0.295. The van der Waals surface area contributed by atoms with E-state index in [1.807, 2.05) is 24.3 Å². The fourth-order valence-electron chi connectivity index (χ4n) is 1.29. The zero-order chi connectivity index (χ0) is 11.8. The molecule has 0 saturated heterocycles. The van der Waals surface area contributed by atoms with Crippen molar-refractivity contribution in [3.05, 3.63) is 29.3 Å². The second-order valence-corrected chi connectivity index (χ2v) is 5.00. The number of rotatable bonds is 7. The van der Waals surface area contributed by atoms with Gasteiger partial charge in [0, 0.05) is 24.4 Å². The molecule has 0 heterocycles. The van der Waals surface area contributed by atoms with Crippen LogP contribution in [-0.4, -0.2) is 30.7 Å². The molecule has 0 bridgehead atoms. The number of aliphatic hydroxyl groups is 1. The Morgan fingerprint density at radius 1 is 1.44 bits per heavy atom. The highest BCUT2D eigenvalue weighted by atomic mass is 35.5. The monoisotopic (exact) mass is 260 g/mol. The minimum Gasteiger partial charge on any atom is -0.392 e. The molecule has 0 aliphatic heterocycles. The number of aliphatic hydroxyl groups excluding tert-OH is 1. The van der Waals surface area contributed by atoms with Gasteiger partial charge < -0.3 is 9.84 Å². The van der Waals surface area contributed by atoms with Crippen molar-refractivity contribution in [2.24, 2.45) is 0 Å². The lowest BCUT2D eigenvalue weighted by Crippen LogP contribution is -2.10. The molecule has 4 heteroatoms. The van der Waals surface area contributed by atoms with Crippen molar-refractivity contribution in [1.82, 2.24) is 0 Å². The number of thioether (sulfide) groups is 1. The zero-order valence-corrected chi connectivity index (χ0v) is 10.9. The zero-order valence-electron chi connectivity index (χ0n) is 9.36. The van der Waals surface area contributed by atoms with Crippen LogP contribution in [0.3, 0.4) is 0 Å². The maximum absolute atomic E-state index is 9.71. The summed E-state index contributed by atoms with van der Waals surface area (Å²) in [6.07, 6.45) is 1.36. The first-order valence-electron chi connectivity index (χ1n) is 5.28. The molecule has 0 spiro atoms. The number of hydrogen-bond donors (Lipinski definition) is 1. The maximum atomic E-state index is 9.71. The number of ether oxygens (including phenoxy) is 1. The lowest BCUT2D eigenvalue weighted by atomic mass is 10.2. The van der Waals surface area contributed by atoms with Crippen LogP contribution in [0.2, 0.25) is 5.02 Å². The molecule has 0 saturated carbocycles. The van der Waals surface area contributed by atoms with Crippen LogP contribution in [0.25, 0.3) is 0 Å². The first kappa shape index (κ1) is 13.8. The summed E-state index contributed by atoms with van der Waals surface area (Å²) in [6.45, 7) is 0.702. The van der Waals surface area contributed by atoms with E-state index < -0.39 is 0 Å². The first-order valence-corrected chi connectivity index (χ1v) is 6.64. The molecule has 0 amide bonds. The topological polar surface area (TPSA) is 29.5 Å². The van der Waals surface area contributed by atoms with Crippen LogP contribution in [0.15, 0.2) is 29.2 Å².